The van der Waals surface area contributed by atoms with Crippen LogP contribution in [0.4, 0.5) is 0 Å². The van der Waals surface area contributed by atoms with Crippen LogP contribution in [0.5, 0.6) is 0 Å². The normalized spacial score (nSPS) is 16.6. The SMILES string of the molecule is Cc1sccc1/C=C/CCNC1CC1. The molecule has 2 heteroatoms. The maximum absolute atomic E-state index is 3.50. The minimum atomic E-state index is 0.839. The van der Waals surface area contributed by atoms with E-state index in [0.717, 1.165) is 19.0 Å². The van der Waals surface area contributed by atoms with Crippen molar-refractivity contribution in [3.05, 3.63) is 28.0 Å². The molecule has 1 aromatic heterocycles. The molecule has 0 amide bonds. The first-order valence-corrected chi connectivity index (χ1v) is 6.18. The van der Waals surface area contributed by atoms with Gasteiger partial charge in [-0.25, -0.2) is 0 Å². The third kappa shape index (κ3) is 2.96. The number of aryl methyl sites for hydroxylation is 1. The third-order valence-electron chi connectivity index (χ3n) is 2.52. The van der Waals surface area contributed by atoms with Crippen molar-refractivity contribution < 1.29 is 0 Å². The molecule has 1 heterocycles. The van der Waals surface area contributed by atoms with Crippen LogP contribution in [0.2, 0.25) is 0 Å². The van der Waals surface area contributed by atoms with E-state index in [1.165, 1.54) is 23.3 Å². The lowest BCUT2D eigenvalue weighted by atomic mass is 10.2. The van der Waals surface area contributed by atoms with Crippen molar-refractivity contribution in [2.24, 2.45) is 0 Å². The van der Waals surface area contributed by atoms with Crippen LogP contribution in [-0.2, 0) is 0 Å². The predicted octanol–water partition coefficient (Wildman–Crippen LogP) is 3.21. The summed E-state index contributed by atoms with van der Waals surface area (Å²) in [5, 5.41) is 5.65. The van der Waals surface area contributed by atoms with Gasteiger partial charge in [0.15, 0.2) is 0 Å². The van der Waals surface area contributed by atoms with E-state index in [-0.39, 0.29) is 0 Å². The zero-order valence-electron chi connectivity index (χ0n) is 8.62. The fraction of sp³-hybridized carbons (Fsp3) is 0.500. The molecule has 0 aromatic carbocycles. The maximum atomic E-state index is 3.50. The third-order valence-corrected chi connectivity index (χ3v) is 3.38. The highest BCUT2D eigenvalue weighted by atomic mass is 32.1. The first-order chi connectivity index (χ1) is 6.86. The van der Waals surface area contributed by atoms with Crippen LogP contribution in [0.3, 0.4) is 0 Å². The van der Waals surface area contributed by atoms with Crippen molar-refractivity contribution in [1.29, 1.82) is 0 Å². The fourth-order valence-electron chi connectivity index (χ4n) is 1.44. The van der Waals surface area contributed by atoms with Gasteiger partial charge in [0.1, 0.15) is 0 Å². The van der Waals surface area contributed by atoms with Gasteiger partial charge in [0, 0.05) is 10.9 Å². The van der Waals surface area contributed by atoms with Crippen molar-refractivity contribution in [2.45, 2.75) is 32.2 Å². The zero-order valence-corrected chi connectivity index (χ0v) is 9.44. The summed E-state index contributed by atoms with van der Waals surface area (Å²) in [5.41, 5.74) is 1.38. The van der Waals surface area contributed by atoms with Crippen molar-refractivity contribution in [1.82, 2.24) is 5.32 Å². The van der Waals surface area contributed by atoms with Gasteiger partial charge in [-0.15, -0.1) is 11.3 Å². The monoisotopic (exact) mass is 207 g/mol. The van der Waals surface area contributed by atoms with E-state index in [4.69, 9.17) is 0 Å². The molecule has 1 aliphatic rings. The molecule has 2 rings (SSSR count). The molecule has 0 unspecified atom stereocenters. The molecule has 1 aliphatic carbocycles. The highest BCUT2D eigenvalue weighted by Gasteiger charge is 2.19. The standard InChI is InChI=1S/C12H17NS/c1-10-11(7-9-14-10)4-2-3-8-13-12-5-6-12/h2,4,7,9,12-13H,3,5-6,8H2,1H3/b4-2+. The lowest BCUT2D eigenvalue weighted by molar-refractivity contribution is 0.691. The van der Waals surface area contributed by atoms with Gasteiger partial charge in [-0.1, -0.05) is 12.2 Å². The number of hydrogen-bond donors (Lipinski definition) is 1. The van der Waals surface area contributed by atoms with Gasteiger partial charge in [0.25, 0.3) is 0 Å². The Morgan fingerprint density at radius 2 is 2.43 bits per heavy atom. The zero-order chi connectivity index (χ0) is 9.80. The number of thiophene rings is 1. The summed E-state index contributed by atoms with van der Waals surface area (Å²) in [6.07, 6.45) is 8.41. The van der Waals surface area contributed by atoms with Crippen LogP contribution < -0.4 is 5.32 Å². The smallest absolute Gasteiger partial charge is 0.00864 e. The van der Waals surface area contributed by atoms with Crippen LogP contribution in [0.15, 0.2) is 17.5 Å². The molecule has 1 saturated carbocycles. The minimum absolute atomic E-state index is 0.839. The van der Waals surface area contributed by atoms with E-state index in [2.05, 4.69) is 35.8 Å². The summed E-state index contributed by atoms with van der Waals surface area (Å²) in [6.45, 7) is 3.30. The quantitative estimate of drug-likeness (QED) is 0.731. The van der Waals surface area contributed by atoms with E-state index in [9.17, 15) is 0 Å². The molecule has 0 atom stereocenters. The summed E-state index contributed by atoms with van der Waals surface area (Å²) < 4.78 is 0. The van der Waals surface area contributed by atoms with Gasteiger partial charge >= 0.3 is 0 Å². The first kappa shape index (κ1) is 9.94. The van der Waals surface area contributed by atoms with E-state index in [0.29, 0.717) is 0 Å². The number of nitrogens with one attached hydrogen (secondary N) is 1. The van der Waals surface area contributed by atoms with E-state index >= 15 is 0 Å². The lowest BCUT2D eigenvalue weighted by Gasteiger charge is -1.97. The molecule has 1 N–H and O–H groups in total. The molecule has 0 spiro atoms. The summed E-state index contributed by atoms with van der Waals surface area (Å²) in [4.78, 5) is 1.41. The minimum Gasteiger partial charge on any atom is -0.314 e. The summed E-state index contributed by atoms with van der Waals surface area (Å²) in [6, 6.07) is 3.02. The fourth-order valence-corrected chi connectivity index (χ4v) is 2.13. The second-order valence-electron chi connectivity index (χ2n) is 3.85. The largest absolute Gasteiger partial charge is 0.314 e. The van der Waals surface area contributed by atoms with Gasteiger partial charge in [-0.3, -0.25) is 0 Å². The average molecular weight is 207 g/mol. The van der Waals surface area contributed by atoms with Crippen LogP contribution in [-0.4, -0.2) is 12.6 Å². The second kappa shape index (κ2) is 4.76. The molecule has 1 aromatic rings. The van der Waals surface area contributed by atoms with Gasteiger partial charge in [0.2, 0.25) is 0 Å². The second-order valence-corrected chi connectivity index (χ2v) is 4.97. The van der Waals surface area contributed by atoms with Crippen molar-refractivity contribution in [2.75, 3.05) is 6.54 Å². The van der Waals surface area contributed by atoms with Gasteiger partial charge in [-0.05, 0) is 49.7 Å². The molecule has 1 fully saturated rings. The van der Waals surface area contributed by atoms with Gasteiger partial charge < -0.3 is 5.32 Å². The Bertz CT molecular complexity index is 310. The molecule has 76 valence electrons. The Morgan fingerprint density at radius 3 is 3.07 bits per heavy atom. The highest BCUT2D eigenvalue weighted by molar-refractivity contribution is 7.10. The Labute approximate surface area is 89.8 Å². The molecule has 1 nitrogen and oxygen atoms in total. The molecular weight excluding hydrogens is 190 g/mol. The Kier molecular flexibility index (Phi) is 3.38. The Hall–Kier alpha value is -0.600. The number of hydrogen-bond acceptors (Lipinski definition) is 2. The Morgan fingerprint density at radius 1 is 1.57 bits per heavy atom. The topological polar surface area (TPSA) is 12.0 Å². The predicted molar refractivity (Wildman–Crippen MR) is 63.7 cm³/mol. The van der Waals surface area contributed by atoms with E-state index in [1.54, 1.807) is 0 Å². The van der Waals surface area contributed by atoms with E-state index < -0.39 is 0 Å². The average Bonchev–Trinajstić information content (AvgIpc) is 2.91. The summed E-state index contributed by atoms with van der Waals surface area (Å²) >= 11 is 1.82. The van der Waals surface area contributed by atoms with Gasteiger partial charge in [-0.2, -0.15) is 0 Å². The van der Waals surface area contributed by atoms with Crippen LogP contribution in [0, 0.1) is 6.92 Å². The van der Waals surface area contributed by atoms with Crippen LogP contribution >= 0.6 is 11.3 Å². The van der Waals surface area contributed by atoms with E-state index in [1.807, 2.05) is 11.3 Å². The first-order valence-electron chi connectivity index (χ1n) is 5.30. The molecule has 0 saturated heterocycles. The highest BCUT2D eigenvalue weighted by Crippen LogP contribution is 2.18. The summed E-state index contributed by atoms with van der Waals surface area (Å²) in [7, 11) is 0. The summed E-state index contributed by atoms with van der Waals surface area (Å²) in [5.74, 6) is 0. The molecule has 14 heavy (non-hydrogen) atoms. The van der Waals surface area contributed by atoms with Gasteiger partial charge in [0.05, 0.1) is 0 Å². The molecular formula is C12H17NS. The Balaban J connectivity index is 1.68. The lowest BCUT2D eigenvalue weighted by Crippen LogP contribution is -2.16. The molecule has 0 radical (unpaired) electrons. The van der Waals surface area contributed by atoms with Crippen molar-refractivity contribution in [3.8, 4) is 0 Å². The molecule has 0 aliphatic heterocycles. The number of rotatable bonds is 5. The maximum Gasteiger partial charge on any atom is 0.00864 e. The molecule has 0 bridgehead atoms. The van der Waals surface area contributed by atoms with Crippen molar-refractivity contribution in [3.63, 3.8) is 0 Å². The van der Waals surface area contributed by atoms with Crippen LogP contribution in [0.1, 0.15) is 29.7 Å². The van der Waals surface area contributed by atoms with Crippen molar-refractivity contribution >= 4 is 17.4 Å². The van der Waals surface area contributed by atoms with Crippen LogP contribution in [0.25, 0.3) is 6.08 Å².